The lowest BCUT2D eigenvalue weighted by molar-refractivity contribution is -0.121. The topological polar surface area (TPSA) is 74.8 Å². The van der Waals surface area contributed by atoms with Gasteiger partial charge in [-0.25, -0.2) is 9.78 Å². The summed E-state index contributed by atoms with van der Waals surface area (Å²) in [5.41, 5.74) is 0.278. The lowest BCUT2D eigenvalue weighted by atomic mass is 9.96. The first-order valence-corrected chi connectivity index (χ1v) is 10.3. The first-order chi connectivity index (χ1) is 13.3. The van der Waals surface area contributed by atoms with E-state index in [-0.39, 0.29) is 17.9 Å². The van der Waals surface area contributed by atoms with Crippen molar-refractivity contribution in [2.75, 3.05) is 36.4 Å². The number of rotatable bonds is 3. The predicted molar refractivity (Wildman–Crippen MR) is 109 cm³/mol. The van der Waals surface area contributed by atoms with Crippen molar-refractivity contribution in [2.24, 2.45) is 5.92 Å². The van der Waals surface area contributed by atoms with Gasteiger partial charge in [-0.2, -0.15) is 0 Å². The Morgan fingerprint density at radius 3 is 2.43 bits per heavy atom. The maximum atomic E-state index is 12.8. The van der Waals surface area contributed by atoms with E-state index in [2.05, 4.69) is 15.2 Å². The number of pyridine rings is 1. The molecule has 0 unspecified atom stereocenters. The van der Waals surface area contributed by atoms with Crippen molar-refractivity contribution in [1.29, 1.82) is 0 Å². The molecule has 1 aromatic heterocycles. The molecular formula is C21H32N4O3. The molecule has 7 heteroatoms. The van der Waals surface area contributed by atoms with Gasteiger partial charge in [0, 0.05) is 38.3 Å². The number of nitrogens with one attached hydrogen (secondary N) is 1. The van der Waals surface area contributed by atoms with E-state index in [0.717, 1.165) is 37.4 Å². The zero-order valence-corrected chi connectivity index (χ0v) is 17.2. The van der Waals surface area contributed by atoms with E-state index < -0.39 is 5.60 Å². The van der Waals surface area contributed by atoms with Crippen LogP contribution in [0.5, 0.6) is 0 Å². The Hall–Kier alpha value is -2.31. The zero-order valence-electron chi connectivity index (χ0n) is 17.2. The number of carbonyl (C=O) groups is 2. The molecular weight excluding hydrogens is 356 g/mol. The highest BCUT2D eigenvalue weighted by Gasteiger charge is 2.30. The van der Waals surface area contributed by atoms with Gasteiger partial charge in [0.15, 0.2) is 5.82 Å². The third kappa shape index (κ3) is 5.36. The van der Waals surface area contributed by atoms with Crippen LogP contribution < -0.4 is 10.2 Å². The SMILES string of the molecule is CC(C)(C)OC(=O)N1CCC(C(=O)Nc2cccnc2N2CCCCC2)CC1. The van der Waals surface area contributed by atoms with Gasteiger partial charge in [-0.15, -0.1) is 0 Å². The van der Waals surface area contributed by atoms with E-state index in [1.165, 1.54) is 6.42 Å². The van der Waals surface area contributed by atoms with Crippen molar-refractivity contribution in [2.45, 2.75) is 58.5 Å². The molecule has 0 aromatic carbocycles. The average molecular weight is 389 g/mol. The smallest absolute Gasteiger partial charge is 0.410 e. The second-order valence-corrected chi connectivity index (χ2v) is 8.65. The maximum absolute atomic E-state index is 12.8. The normalized spacial score (nSPS) is 18.7. The van der Waals surface area contributed by atoms with Crippen LogP contribution in [-0.2, 0) is 9.53 Å². The van der Waals surface area contributed by atoms with Crippen molar-refractivity contribution in [3.8, 4) is 0 Å². The Morgan fingerprint density at radius 2 is 1.79 bits per heavy atom. The molecule has 2 aliphatic heterocycles. The molecule has 3 heterocycles. The molecule has 0 aliphatic carbocycles. The summed E-state index contributed by atoms with van der Waals surface area (Å²) in [7, 11) is 0. The number of aromatic nitrogens is 1. The lowest BCUT2D eigenvalue weighted by Crippen LogP contribution is -2.43. The van der Waals surface area contributed by atoms with Gasteiger partial charge in [0.25, 0.3) is 0 Å². The van der Waals surface area contributed by atoms with E-state index >= 15 is 0 Å². The third-order valence-electron chi connectivity index (χ3n) is 5.22. The molecule has 0 atom stereocenters. The van der Waals surface area contributed by atoms with E-state index in [9.17, 15) is 9.59 Å². The molecule has 28 heavy (non-hydrogen) atoms. The molecule has 2 aliphatic rings. The standard InChI is InChI=1S/C21H32N4O3/c1-21(2,3)28-20(27)25-14-9-16(10-15-25)19(26)23-17-8-7-11-22-18(17)24-12-5-4-6-13-24/h7-8,11,16H,4-6,9-10,12-15H2,1-3H3,(H,23,26). The fourth-order valence-corrected chi connectivity index (χ4v) is 3.74. The summed E-state index contributed by atoms with van der Waals surface area (Å²) in [5.74, 6) is 0.768. The summed E-state index contributed by atoms with van der Waals surface area (Å²) >= 11 is 0. The van der Waals surface area contributed by atoms with Crippen LogP contribution in [0.2, 0.25) is 0 Å². The summed E-state index contributed by atoms with van der Waals surface area (Å²) in [4.78, 5) is 33.5. The molecule has 0 spiro atoms. The van der Waals surface area contributed by atoms with Gasteiger partial charge in [0.1, 0.15) is 5.60 Å². The molecule has 0 bridgehead atoms. The molecule has 0 saturated carbocycles. The molecule has 7 nitrogen and oxygen atoms in total. The average Bonchev–Trinajstić information content (AvgIpc) is 2.68. The van der Waals surface area contributed by atoms with Gasteiger partial charge < -0.3 is 19.9 Å². The molecule has 2 amide bonds. The van der Waals surface area contributed by atoms with Crippen LogP contribution in [0.3, 0.4) is 0 Å². The van der Waals surface area contributed by atoms with Gasteiger partial charge in [-0.3, -0.25) is 4.79 Å². The number of amides is 2. The highest BCUT2D eigenvalue weighted by molar-refractivity contribution is 5.95. The molecule has 0 radical (unpaired) electrons. The van der Waals surface area contributed by atoms with Gasteiger partial charge >= 0.3 is 6.09 Å². The minimum atomic E-state index is -0.504. The number of likely N-dealkylation sites (tertiary alicyclic amines) is 1. The molecule has 2 fully saturated rings. The Labute approximate surface area is 167 Å². The highest BCUT2D eigenvalue weighted by Crippen LogP contribution is 2.27. The second kappa shape index (κ2) is 8.80. The van der Waals surface area contributed by atoms with Crippen LogP contribution in [0.4, 0.5) is 16.3 Å². The number of carbonyl (C=O) groups excluding carboxylic acids is 2. The van der Waals surface area contributed by atoms with Crippen LogP contribution in [0.1, 0.15) is 52.9 Å². The van der Waals surface area contributed by atoms with Crippen molar-refractivity contribution in [3.63, 3.8) is 0 Å². The Kier molecular flexibility index (Phi) is 6.42. The first kappa shape index (κ1) is 20.4. The summed E-state index contributed by atoms with van der Waals surface area (Å²) in [5, 5.41) is 3.08. The highest BCUT2D eigenvalue weighted by atomic mass is 16.6. The Morgan fingerprint density at radius 1 is 1.11 bits per heavy atom. The zero-order chi connectivity index (χ0) is 20.1. The number of anilines is 2. The summed E-state index contributed by atoms with van der Waals surface area (Å²) in [6.07, 6.45) is 6.33. The second-order valence-electron chi connectivity index (χ2n) is 8.65. The van der Waals surface area contributed by atoms with E-state index in [0.29, 0.717) is 25.9 Å². The minimum Gasteiger partial charge on any atom is -0.444 e. The molecule has 2 saturated heterocycles. The number of nitrogens with zero attached hydrogens (tertiary/aromatic N) is 3. The fraction of sp³-hybridized carbons (Fsp3) is 0.667. The minimum absolute atomic E-state index is 0.00935. The van der Waals surface area contributed by atoms with Crippen LogP contribution in [0.25, 0.3) is 0 Å². The van der Waals surface area contributed by atoms with Crippen LogP contribution in [0.15, 0.2) is 18.3 Å². The van der Waals surface area contributed by atoms with Gasteiger partial charge in [0.05, 0.1) is 5.69 Å². The molecule has 1 aromatic rings. The molecule has 1 N–H and O–H groups in total. The van der Waals surface area contributed by atoms with Gasteiger partial charge in [0.2, 0.25) is 5.91 Å². The third-order valence-corrected chi connectivity index (χ3v) is 5.22. The largest absolute Gasteiger partial charge is 0.444 e. The monoisotopic (exact) mass is 388 g/mol. The van der Waals surface area contributed by atoms with E-state index in [1.54, 1.807) is 11.1 Å². The Bertz CT molecular complexity index is 687. The number of ether oxygens (including phenoxy) is 1. The summed E-state index contributed by atoms with van der Waals surface area (Å²) in [6.45, 7) is 8.62. The van der Waals surface area contributed by atoms with Crippen molar-refractivity contribution in [1.82, 2.24) is 9.88 Å². The molecule has 154 valence electrons. The first-order valence-electron chi connectivity index (χ1n) is 10.3. The summed E-state index contributed by atoms with van der Waals surface area (Å²) < 4.78 is 5.42. The van der Waals surface area contributed by atoms with Crippen LogP contribution in [0, 0.1) is 5.92 Å². The van der Waals surface area contributed by atoms with Crippen molar-refractivity contribution >= 4 is 23.5 Å². The quantitative estimate of drug-likeness (QED) is 0.855. The number of hydrogen-bond acceptors (Lipinski definition) is 5. The van der Waals surface area contributed by atoms with Gasteiger partial charge in [-0.1, -0.05) is 0 Å². The fourth-order valence-electron chi connectivity index (χ4n) is 3.74. The molecule has 3 rings (SSSR count). The maximum Gasteiger partial charge on any atom is 0.410 e. The van der Waals surface area contributed by atoms with Gasteiger partial charge in [-0.05, 0) is 65.0 Å². The van der Waals surface area contributed by atoms with Crippen LogP contribution >= 0.6 is 0 Å². The lowest BCUT2D eigenvalue weighted by Gasteiger charge is -2.33. The Balaban J connectivity index is 1.56. The van der Waals surface area contributed by atoms with Crippen molar-refractivity contribution in [3.05, 3.63) is 18.3 Å². The van der Waals surface area contributed by atoms with Crippen molar-refractivity contribution < 1.29 is 14.3 Å². The van der Waals surface area contributed by atoms with E-state index in [1.807, 2.05) is 32.9 Å². The van der Waals surface area contributed by atoms with Crippen LogP contribution in [-0.4, -0.2) is 53.7 Å². The predicted octanol–water partition coefficient (Wildman–Crippen LogP) is 3.66. The van der Waals surface area contributed by atoms with E-state index in [4.69, 9.17) is 4.74 Å². The number of piperidine rings is 2. The number of hydrogen-bond donors (Lipinski definition) is 1. The summed E-state index contributed by atoms with van der Waals surface area (Å²) in [6, 6.07) is 3.78.